The zero-order valence-electron chi connectivity index (χ0n) is 10.1. The number of carbonyl (C=O) groups excluding carboxylic acids is 1. The van der Waals surface area contributed by atoms with Crippen LogP contribution in [-0.2, 0) is 16.1 Å². The molecule has 0 saturated heterocycles. The molecule has 1 aromatic carbocycles. The Morgan fingerprint density at radius 3 is 2.71 bits per heavy atom. The number of benzene rings is 1. The lowest BCUT2D eigenvalue weighted by molar-refractivity contribution is -0.110. The number of aldehydes is 1. The van der Waals surface area contributed by atoms with Gasteiger partial charge in [0.25, 0.3) is 0 Å². The highest BCUT2D eigenvalue weighted by atomic mass is 16.5. The fourth-order valence-corrected chi connectivity index (χ4v) is 1.30. The van der Waals surface area contributed by atoms with Crippen molar-refractivity contribution in [2.75, 3.05) is 0 Å². The third-order valence-electron chi connectivity index (χ3n) is 2.37. The molecule has 0 aliphatic heterocycles. The van der Waals surface area contributed by atoms with E-state index >= 15 is 0 Å². The Kier molecular flexibility index (Phi) is 5.80. The van der Waals surface area contributed by atoms with E-state index in [2.05, 4.69) is 6.58 Å². The van der Waals surface area contributed by atoms with Crippen LogP contribution in [0.2, 0.25) is 0 Å². The van der Waals surface area contributed by atoms with Crippen LogP contribution < -0.4 is 0 Å². The number of ether oxygens (including phenoxy) is 1. The van der Waals surface area contributed by atoms with E-state index < -0.39 is 0 Å². The predicted octanol–water partition coefficient (Wildman–Crippen LogP) is 3.50. The second-order valence-electron chi connectivity index (χ2n) is 3.93. The van der Waals surface area contributed by atoms with Crippen molar-refractivity contribution in [1.29, 1.82) is 0 Å². The van der Waals surface area contributed by atoms with Gasteiger partial charge in [0, 0.05) is 5.92 Å². The van der Waals surface area contributed by atoms with Gasteiger partial charge in [0.2, 0.25) is 0 Å². The fraction of sp³-hybridized carbons (Fsp3) is 0.267. The van der Waals surface area contributed by atoms with Gasteiger partial charge in [0.1, 0.15) is 18.7 Å². The summed E-state index contributed by atoms with van der Waals surface area (Å²) >= 11 is 0. The van der Waals surface area contributed by atoms with E-state index in [0.717, 1.165) is 17.6 Å². The Balaban J connectivity index is 2.47. The van der Waals surface area contributed by atoms with Gasteiger partial charge < -0.3 is 9.53 Å². The van der Waals surface area contributed by atoms with E-state index in [1.807, 2.05) is 43.3 Å². The van der Waals surface area contributed by atoms with Gasteiger partial charge in [-0.05, 0) is 24.1 Å². The van der Waals surface area contributed by atoms with Crippen molar-refractivity contribution in [2.24, 2.45) is 5.92 Å². The average molecular weight is 230 g/mol. The second kappa shape index (κ2) is 7.44. The maximum atomic E-state index is 10.5. The molecule has 0 aromatic heterocycles. The van der Waals surface area contributed by atoms with Gasteiger partial charge in [-0.1, -0.05) is 43.8 Å². The van der Waals surface area contributed by atoms with Gasteiger partial charge in [0.15, 0.2) is 0 Å². The number of carbonyl (C=O) groups is 1. The van der Waals surface area contributed by atoms with E-state index in [1.165, 1.54) is 0 Å². The van der Waals surface area contributed by atoms with Crippen LogP contribution in [0.25, 0.3) is 0 Å². The Labute approximate surface area is 103 Å². The summed E-state index contributed by atoms with van der Waals surface area (Å²) in [6.45, 7) is 6.09. The van der Waals surface area contributed by atoms with Crippen molar-refractivity contribution in [3.8, 4) is 0 Å². The van der Waals surface area contributed by atoms with Crippen molar-refractivity contribution in [3.05, 3.63) is 60.4 Å². The first-order chi connectivity index (χ1) is 8.26. The highest BCUT2D eigenvalue weighted by Gasteiger charge is 1.99. The molecular weight excluding hydrogens is 212 g/mol. The molecule has 0 amide bonds. The van der Waals surface area contributed by atoms with Crippen LogP contribution in [-0.4, -0.2) is 6.29 Å². The van der Waals surface area contributed by atoms with E-state index in [0.29, 0.717) is 13.0 Å². The van der Waals surface area contributed by atoms with Crippen molar-refractivity contribution in [2.45, 2.75) is 20.0 Å². The van der Waals surface area contributed by atoms with E-state index in [1.54, 1.807) is 6.08 Å². The van der Waals surface area contributed by atoms with Crippen molar-refractivity contribution in [3.63, 3.8) is 0 Å². The van der Waals surface area contributed by atoms with Crippen LogP contribution in [0.3, 0.4) is 0 Å². The molecule has 0 fully saturated rings. The van der Waals surface area contributed by atoms with Crippen LogP contribution in [0, 0.1) is 5.92 Å². The molecule has 17 heavy (non-hydrogen) atoms. The molecule has 0 aliphatic rings. The third-order valence-corrected chi connectivity index (χ3v) is 2.37. The van der Waals surface area contributed by atoms with Gasteiger partial charge in [-0.25, -0.2) is 0 Å². The smallest absolute Gasteiger partial charge is 0.123 e. The maximum Gasteiger partial charge on any atom is 0.123 e. The molecule has 0 radical (unpaired) electrons. The Bertz CT molecular complexity index is 379. The maximum absolute atomic E-state index is 10.5. The molecular formula is C15H18O2. The summed E-state index contributed by atoms with van der Waals surface area (Å²) in [7, 11) is 0. The van der Waals surface area contributed by atoms with Crippen molar-refractivity contribution in [1.82, 2.24) is 0 Å². The Morgan fingerprint density at radius 2 is 2.12 bits per heavy atom. The molecule has 0 heterocycles. The van der Waals surface area contributed by atoms with Crippen LogP contribution in [0.4, 0.5) is 0 Å². The van der Waals surface area contributed by atoms with Gasteiger partial charge in [-0.3, -0.25) is 0 Å². The van der Waals surface area contributed by atoms with Gasteiger partial charge in [-0.15, -0.1) is 0 Å². The zero-order chi connectivity index (χ0) is 12.5. The lowest BCUT2D eigenvalue weighted by atomic mass is 10.1. The predicted molar refractivity (Wildman–Crippen MR) is 69.4 cm³/mol. The number of rotatable bonds is 7. The van der Waals surface area contributed by atoms with E-state index in [9.17, 15) is 4.79 Å². The van der Waals surface area contributed by atoms with Crippen molar-refractivity contribution >= 4 is 6.29 Å². The zero-order valence-corrected chi connectivity index (χ0v) is 10.1. The van der Waals surface area contributed by atoms with Crippen LogP contribution in [0.15, 0.2) is 54.8 Å². The standard InChI is InChI=1S/C15H18O2/c1-3-15(10-9-13(2)11-16)17-12-14-7-5-4-6-8-14/h3-8,10-11,13H,1,9,12H2,2H3/b15-10+. The van der Waals surface area contributed by atoms with Crippen LogP contribution in [0.1, 0.15) is 18.9 Å². The first-order valence-corrected chi connectivity index (χ1v) is 5.71. The molecule has 0 spiro atoms. The molecule has 0 saturated carbocycles. The quantitative estimate of drug-likeness (QED) is 0.407. The summed E-state index contributed by atoms with van der Waals surface area (Å²) in [6, 6.07) is 9.94. The molecule has 0 N–H and O–H groups in total. The van der Waals surface area contributed by atoms with Crippen LogP contribution in [0.5, 0.6) is 0 Å². The summed E-state index contributed by atoms with van der Waals surface area (Å²) in [5.74, 6) is 0.743. The normalized spacial score (nSPS) is 12.9. The summed E-state index contributed by atoms with van der Waals surface area (Å²) < 4.78 is 5.60. The van der Waals surface area contributed by atoms with Gasteiger partial charge in [0.05, 0.1) is 0 Å². The summed E-state index contributed by atoms with van der Waals surface area (Å²) in [4.78, 5) is 10.5. The molecule has 1 atom stereocenters. The minimum atomic E-state index is 0.0188. The average Bonchev–Trinajstić information content (AvgIpc) is 2.39. The molecule has 2 heteroatoms. The topological polar surface area (TPSA) is 26.3 Å². The summed E-state index contributed by atoms with van der Waals surface area (Å²) in [5, 5.41) is 0. The first-order valence-electron chi connectivity index (χ1n) is 5.71. The number of allylic oxidation sites excluding steroid dienone is 2. The molecule has 0 aliphatic carbocycles. The molecule has 1 rings (SSSR count). The monoisotopic (exact) mass is 230 g/mol. The molecule has 90 valence electrons. The third kappa shape index (κ3) is 5.16. The van der Waals surface area contributed by atoms with E-state index in [4.69, 9.17) is 4.74 Å². The first kappa shape index (κ1) is 13.2. The SMILES string of the molecule is C=C/C(=C\CC(C)C=O)OCc1ccccc1. The Hall–Kier alpha value is -1.83. The van der Waals surface area contributed by atoms with Crippen molar-refractivity contribution < 1.29 is 9.53 Å². The second-order valence-corrected chi connectivity index (χ2v) is 3.93. The molecule has 2 nitrogen and oxygen atoms in total. The molecule has 1 aromatic rings. The molecule has 1 unspecified atom stereocenters. The van der Waals surface area contributed by atoms with E-state index in [-0.39, 0.29) is 5.92 Å². The minimum Gasteiger partial charge on any atom is -0.489 e. The lowest BCUT2D eigenvalue weighted by Crippen LogP contribution is -1.96. The summed E-state index contributed by atoms with van der Waals surface area (Å²) in [6.07, 6.45) is 5.18. The lowest BCUT2D eigenvalue weighted by Gasteiger charge is -2.07. The number of hydrogen-bond donors (Lipinski definition) is 0. The fourth-order valence-electron chi connectivity index (χ4n) is 1.30. The number of hydrogen-bond acceptors (Lipinski definition) is 2. The van der Waals surface area contributed by atoms with Gasteiger partial charge in [-0.2, -0.15) is 0 Å². The largest absolute Gasteiger partial charge is 0.489 e. The van der Waals surface area contributed by atoms with Gasteiger partial charge >= 0.3 is 0 Å². The summed E-state index contributed by atoms with van der Waals surface area (Å²) in [5.41, 5.74) is 1.11. The molecule has 0 bridgehead atoms. The highest BCUT2D eigenvalue weighted by molar-refractivity contribution is 5.53. The van der Waals surface area contributed by atoms with Crippen LogP contribution >= 0.6 is 0 Å². The highest BCUT2D eigenvalue weighted by Crippen LogP contribution is 2.09. The Morgan fingerprint density at radius 1 is 1.41 bits per heavy atom. The minimum absolute atomic E-state index is 0.0188.